The first-order valence-corrected chi connectivity index (χ1v) is 14.7. The summed E-state index contributed by atoms with van der Waals surface area (Å²) in [7, 11) is -15.5. The van der Waals surface area contributed by atoms with Crippen molar-refractivity contribution < 1.29 is 70.9 Å². The summed E-state index contributed by atoms with van der Waals surface area (Å²) in [5.74, 6) is -0.266. The number of ether oxygens (including phenoxy) is 2. The normalized spacial score (nSPS) is 28.8. The quantitative estimate of drug-likeness (QED) is 0.182. The molecule has 22 heteroatoms. The lowest BCUT2D eigenvalue weighted by Gasteiger charge is -2.27. The number of amides is 1. The molecule has 2 aliphatic rings. The number of hydrogen-bond donors (Lipinski definition) is 7. The third-order valence-corrected chi connectivity index (χ3v) is 9.23. The van der Waals surface area contributed by atoms with Crippen LogP contribution in [0.1, 0.15) is 18.7 Å². The minimum atomic E-state index is -5.76. The van der Waals surface area contributed by atoms with E-state index in [9.17, 15) is 38.5 Å². The first-order valence-electron chi connectivity index (χ1n) is 10.2. The van der Waals surface area contributed by atoms with Gasteiger partial charge in [-0.2, -0.15) is 8.62 Å². The van der Waals surface area contributed by atoms with E-state index in [1.807, 2.05) is 0 Å². The molecular weight excluding hydrogens is 581 g/mol. The summed E-state index contributed by atoms with van der Waals surface area (Å²) >= 11 is 0. The van der Waals surface area contributed by atoms with Gasteiger partial charge in [-0.1, -0.05) is 0 Å². The van der Waals surface area contributed by atoms with E-state index in [4.69, 9.17) is 19.3 Å². The zero-order valence-corrected chi connectivity index (χ0v) is 21.9. The highest BCUT2D eigenvalue weighted by Gasteiger charge is 2.54. The van der Waals surface area contributed by atoms with Gasteiger partial charge in [0.2, 0.25) is 0 Å². The summed E-state index contributed by atoms with van der Waals surface area (Å²) in [4.78, 5) is 56.5. The lowest BCUT2D eigenvalue weighted by Crippen LogP contribution is -2.44. The molecule has 0 aromatic carbocycles. The molecule has 38 heavy (non-hydrogen) atoms. The van der Waals surface area contributed by atoms with Gasteiger partial charge in [-0.25, -0.2) is 23.7 Å². The van der Waals surface area contributed by atoms with E-state index in [0.717, 1.165) is 12.4 Å². The Kier molecular flexibility index (Phi) is 7.48. The summed E-state index contributed by atoms with van der Waals surface area (Å²) in [5, 5.41) is 24.6. The molecule has 0 saturated carbocycles. The van der Waals surface area contributed by atoms with Crippen molar-refractivity contribution in [3.63, 3.8) is 0 Å². The number of phosphoric ester groups is 1. The Morgan fingerprint density at radius 1 is 1.16 bits per heavy atom. The first-order chi connectivity index (χ1) is 17.4. The van der Waals surface area contributed by atoms with Crippen LogP contribution in [0.3, 0.4) is 0 Å². The number of phosphoric acid groups is 3. The Labute approximate surface area is 212 Å². The molecule has 0 aliphatic carbocycles. The van der Waals surface area contributed by atoms with Crippen LogP contribution in [-0.4, -0.2) is 81.8 Å². The second-order valence-electron chi connectivity index (χ2n) is 8.16. The number of aliphatic hydroxyl groups excluding tert-OH is 1. The van der Waals surface area contributed by atoms with E-state index in [1.165, 1.54) is 24.8 Å². The van der Waals surface area contributed by atoms with E-state index in [2.05, 4.69) is 28.4 Å². The molecule has 19 nitrogen and oxygen atoms in total. The van der Waals surface area contributed by atoms with Crippen LogP contribution in [0.4, 0.5) is 5.82 Å². The van der Waals surface area contributed by atoms with Crippen LogP contribution in [-0.2, 0) is 41.1 Å². The van der Waals surface area contributed by atoms with Gasteiger partial charge in [0.1, 0.15) is 41.4 Å². The third kappa shape index (κ3) is 5.76. The maximum atomic E-state index is 12.1. The zero-order valence-electron chi connectivity index (χ0n) is 19.2. The molecule has 0 radical (unpaired) electrons. The van der Waals surface area contributed by atoms with Gasteiger partial charge in [-0.3, -0.25) is 9.32 Å². The molecule has 2 aromatic rings. The number of carbonyl (C=O) groups excluding carboxylic acids is 1. The summed E-state index contributed by atoms with van der Waals surface area (Å²) < 4.78 is 58.4. The zero-order chi connectivity index (χ0) is 28.3. The number of rotatable bonds is 9. The van der Waals surface area contributed by atoms with Crippen LogP contribution in [0.15, 0.2) is 18.6 Å². The second kappa shape index (κ2) is 9.83. The van der Waals surface area contributed by atoms with Crippen molar-refractivity contribution in [2.24, 2.45) is 0 Å². The molecule has 0 bridgehead atoms. The number of anilines is 1. The largest absolute Gasteiger partial charge is 0.496 e. The number of nitrogens with one attached hydrogen (secondary N) is 1. The Morgan fingerprint density at radius 2 is 1.84 bits per heavy atom. The van der Waals surface area contributed by atoms with Gasteiger partial charge in [0, 0.05) is 17.8 Å². The van der Waals surface area contributed by atoms with Crippen LogP contribution in [0, 0.1) is 0 Å². The van der Waals surface area contributed by atoms with Gasteiger partial charge in [-0.05, 0) is 6.92 Å². The summed E-state index contributed by atoms with van der Waals surface area (Å²) in [6.45, 7) is 0.171. The number of methoxy groups -OCH3 is 1. The Hall–Kier alpha value is -2.08. The van der Waals surface area contributed by atoms with Crippen molar-refractivity contribution in [3.05, 3.63) is 24.2 Å². The average molecular weight is 602 g/mol. The first kappa shape index (κ1) is 28.9. The average Bonchev–Trinajstić information content (AvgIpc) is 3.18. The summed E-state index contributed by atoms with van der Waals surface area (Å²) in [5.41, 5.74) is -1.62. The predicted molar refractivity (Wildman–Crippen MR) is 122 cm³/mol. The van der Waals surface area contributed by atoms with E-state index >= 15 is 0 Å². The van der Waals surface area contributed by atoms with Crippen LogP contribution in [0.2, 0.25) is 0 Å². The molecule has 1 saturated heterocycles. The van der Waals surface area contributed by atoms with Gasteiger partial charge < -0.3 is 49.1 Å². The van der Waals surface area contributed by atoms with Crippen LogP contribution in [0.25, 0.3) is 16.8 Å². The van der Waals surface area contributed by atoms with E-state index in [1.54, 1.807) is 0 Å². The fraction of sp³-hybridized carbons (Fsp3) is 0.438. The molecule has 1 amide bonds. The molecule has 4 rings (SSSR count). The van der Waals surface area contributed by atoms with Crippen molar-refractivity contribution in [1.82, 2.24) is 14.5 Å². The lowest BCUT2D eigenvalue weighted by atomic mass is 9.96. The fourth-order valence-electron chi connectivity index (χ4n) is 3.91. The van der Waals surface area contributed by atoms with Crippen LogP contribution < -0.4 is 5.32 Å². The standard InChI is InChI=1S/C16H21N4O15P3/c1-16(23)12(22)9(5-32-37(27,28)35-38(29,30)34-36(24,25)26)33-15(16)20-4-7-8(31-2)3-10(21)19-13-11(7)14(20)18-6-17-13/h3-4,6,9,12,15,22-23H,5H2,1-2H3,(H,27,28)(H,29,30)(H2,24,25,26)(H,17,18,19,21)/t9-,12-,15-,16-/m1/s1. The van der Waals surface area contributed by atoms with E-state index in [0.29, 0.717) is 10.9 Å². The Balaban J connectivity index is 1.60. The molecule has 210 valence electrons. The minimum Gasteiger partial charge on any atom is -0.496 e. The fourth-order valence-corrected chi connectivity index (χ4v) is 6.94. The third-order valence-electron chi connectivity index (χ3n) is 5.42. The van der Waals surface area contributed by atoms with Crippen molar-refractivity contribution in [2.45, 2.75) is 31.0 Å². The van der Waals surface area contributed by atoms with Crippen molar-refractivity contribution in [1.29, 1.82) is 0 Å². The maximum absolute atomic E-state index is 12.1. The molecular formula is C16H21N4O15P3. The van der Waals surface area contributed by atoms with Crippen molar-refractivity contribution in [2.75, 3.05) is 19.0 Å². The molecule has 6 atom stereocenters. The predicted octanol–water partition coefficient (Wildman–Crippen LogP) is -0.277. The molecule has 2 aliphatic heterocycles. The van der Waals surface area contributed by atoms with Crippen molar-refractivity contribution in [3.8, 4) is 0 Å². The molecule has 1 fully saturated rings. The number of nitrogens with zero attached hydrogens (tertiary/aromatic N) is 3. The number of aliphatic hydroxyl groups is 2. The van der Waals surface area contributed by atoms with Gasteiger partial charge in [0.05, 0.1) is 19.1 Å². The Morgan fingerprint density at radius 3 is 2.47 bits per heavy atom. The maximum Gasteiger partial charge on any atom is 0.490 e. The van der Waals surface area contributed by atoms with Crippen LogP contribution >= 0.6 is 23.5 Å². The van der Waals surface area contributed by atoms with Crippen LogP contribution in [0.5, 0.6) is 0 Å². The van der Waals surface area contributed by atoms with Crippen molar-refractivity contribution >= 4 is 52.0 Å². The highest BCUT2D eigenvalue weighted by Crippen LogP contribution is 2.66. The summed E-state index contributed by atoms with van der Waals surface area (Å²) in [6.07, 6.45) is -1.05. The second-order valence-corrected chi connectivity index (χ2v) is 12.6. The molecule has 4 heterocycles. The topological polar surface area (TPSA) is 279 Å². The number of aromatic nitrogens is 3. The minimum absolute atomic E-state index is 0.124. The van der Waals surface area contributed by atoms with E-state index in [-0.39, 0.29) is 17.2 Å². The smallest absolute Gasteiger partial charge is 0.490 e. The van der Waals surface area contributed by atoms with Gasteiger partial charge in [0.15, 0.2) is 6.23 Å². The molecule has 0 spiro atoms. The monoisotopic (exact) mass is 602 g/mol. The van der Waals surface area contributed by atoms with E-state index < -0.39 is 60.0 Å². The molecule has 7 N–H and O–H groups in total. The number of carbonyl (C=O) groups is 1. The highest BCUT2D eigenvalue weighted by molar-refractivity contribution is 7.66. The van der Waals surface area contributed by atoms with Gasteiger partial charge >= 0.3 is 23.5 Å². The SMILES string of the molecule is COC1=CC(=O)Nc2ncnc3c2c1cn3[C@@H]1O[C@H](COP(=O)(O)OP(=O)(O)OP(=O)(O)O)[C@@H](O)[C@@]1(C)O. The summed E-state index contributed by atoms with van der Waals surface area (Å²) in [6, 6.07) is 0. The Bertz CT molecular complexity index is 1450. The molecule has 2 unspecified atom stereocenters. The molecule has 2 aromatic heterocycles. The number of hydrogen-bond acceptors (Lipinski definition) is 13. The lowest BCUT2D eigenvalue weighted by molar-refractivity contribution is -0.112. The van der Waals surface area contributed by atoms with Gasteiger partial charge in [-0.15, -0.1) is 0 Å². The highest BCUT2D eigenvalue weighted by atomic mass is 31.3. The van der Waals surface area contributed by atoms with Gasteiger partial charge in [0.25, 0.3) is 5.91 Å².